The molecule has 104 valence electrons. The smallest absolute Gasteiger partial charge is 0.358 e. The summed E-state index contributed by atoms with van der Waals surface area (Å²) in [7, 11) is 0. The molecule has 2 aromatic rings. The second-order valence-electron chi connectivity index (χ2n) is 4.13. The van der Waals surface area contributed by atoms with Crippen LogP contribution in [0.1, 0.15) is 21.7 Å². The molecular weight excluding hydrogens is 346 g/mol. The molecule has 2 rings (SSSR count). The van der Waals surface area contributed by atoms with Gasteiger partial charge in [0.2, 0.25) is 0 Å². The number of aromatic carboxylic acids is 1. The zero-order valence-corrected chi connectivity index (χ0v) is 12.9. The molecule has 0 spiro atoms. The Balaban J connectivity index is 2.20. The van der Waals surface area contributed by atoms with Crippen molar-refractivity contribution in [1.29, 1.82) is 0 Å². The van der Waals surface area contributed by atoms with Crippen LogP contribution in [0.3, 0.4) is 0 Å². The molecule has 0 fully saturated rings. The Bertz CT molecular complexity index is 661. The van der Waals surface area contributed by atoms with Crippen LogP contribution in [0.4, 0.5) is 0 Å². The predicted molar refractivity (Wildman–Crippen MR) is 79.4 cm³/mol. The number of rotatable bonds is 4. The maximum atomic E-state index is 11.1. The number of carbonyl (C=O) groups is 1. The molecule has 0 bridgehead atoms. The fourth-order valence-electron chi connectivity index (χ4n) is 1.61. The number of carboxylic acids is 1. The molecule has 0 unspecified atom stereocenters. The van der Waals surface area contributed by atoms with Crippen molar-refractivity contribution in [2.24, 2.45) is 0 Å². The zero-order chi connectivity index (χ0) is 14.7. The van der Waals surface area contributed by atoms with E-state index < -0.39 is 5.97 Å². The van der Waals surface area contributed by atoms with Crippen molar-refractivity contribution in [2.45, 2.75) is 13.5 Å². The lowest BCUT2D eigenvalue weighted by Crippen LogP contribution is -2.07. The summed E-state index contributed by atoms with van der Waals surface area (Å²) in [4.78, 5) is 15.1. The van der Waals surface area contributed by atoms with E-state index in [1.54, 1.807) is 25.1 Å². The Labute approximate surface area is 129 Å². The van der Waals surface area contributed by atoms with Crippen molar-refractivity contribution in [1.82, 2.24) is 4.98 Å². The number of benzene rings is 1. The van der Waals surface area contributed by atoms with Gasteiger partial charge in [-0.2, -0.15) is 0 Å². The van der Waals surface area contributed by atoms with Crippen LogP contribution in [-0.4, -0.2) is 16.1 Å². The molecular formula is C14H11BrClNO3. The standard InChI is InChI=1S/C14H11BrClNO3/c1-8-2-5-12(13(17-8)14(18)19)20-7-9-3-4-10(15)6-11(9)16/h2-6H,7H2,1H3,(H,18,19). The van der Waals surface area contributed by atoms with E-state index in [4.69, 9.17) is 21.4 Å². The van der Waals surface area contributed by atoms with Crippen molar-refractivity contribution < 1.29 is 14.6 Å². The number of carboxylic acid groups (broad SMARTS) is 1. The van der Waals surface area contributed by atoms with Crippen molar-refractivity contribution >= 4 is 33.5 Å². The number of ether oxygens (including phenoxy) is 1. The van der Waals surface area contributed by atoms with Crippen molar-refractivity contribution in [3.63, 3.8) is 0 Å². The topological polar surface area (TPSA) is 59.4 Å². The van der Waals surface area contributed by atoms with Gasteiger partial charge in [0.15, 0.2) is 11.4 Å². The maximum absolute atomic E-state index is 11.1. The summed E-state index contributed by atoms with van der Waals surface area (Å²) in [5, 5.41) is 9.66. The number of pyridine rings is 1. The monoisotopic (exact) mass is 355 g/mol. The number of halogens is 2. The van der Waals surface area contributed by atoms with E-state index in [1.807, 2.05) is 12.1 Å². The number of hydrogen-bond acceptors (Lipinski definition) is 3. The van der Waals surface area contributed by atoms with Crippen LogP contribution < -0.4 is 4.74 Å². The van der Waals surface area contributed by atoms with E-state index in [1.165, 1.54) is 0 Å². The van der Waals surface area contributed by atoms with Crippen LogP contribution in [0.2, 0.25) is 5.02 Å². The molecule has 0 aliphatic carbocycles. The Kier molecular flexibility index (Phi) is 4.62. The van der Waals surface area contributed by atoms with Crippen molar-refractivity contribution in [3.8, 4) is 5.75 Å². The molecule has 4 nitrogen and oxygen atoms in total. The fourth-order valence-corrected chi connectivity index (χ4v) is 2.34. The molecule has 0 aliphatic heterocycles. The average molecular weight is 357 g/mol. The molecule has 0 radical (unpaired) electrons. The summed E-state index contributed by atoms with van der Waals surface area (Å²) in [6, 6.07) is 8.71. The molecule has 0 saturated carbocycles. The third-order valence-corrected chi connectivity index (χ3v) is 3.44. The third kappa shape index (κ3) is 3.49. The highest BCUT2D eigenvalue weighted by Gasteiger charge is 2.14. The van der Waals surface area contributed by atoms with Gasteiger partial charge in [-0.15, -0.1) is 0 Å². The van der Waals surface area contributed by atoms with Gasteiger partial charge in [0, 0.05) is 20.8 Å². The predicted octanol–water partition coefficient (Wildman–Crippen LogP) is 4.08. The van der Waals surface area contributed by atoms with E-state index >= 15 is 0 Å². The summed E-state index contributed by atoms with van der Waals surface area (Å²) in [5.41, 5.74) is 1.29. The van der Waals surface area contributed by atoms with E-state index in [-0.39, 0.29) is 18.1 Å². The van der Waals surface area contributed by atoms with Gasteiger partial charge in [-0.25, -0.2) is 9.78 Å². The largest absolute Gasteiger partial charge is 0.486 e. The van der Waals surface area contributed by atoms with Gasteiger partial charge in [-0.05, 0) is 31.2 Å². The highest BCUT2D eigenvalue weighted by atomic mass is 79.9. The van der Waals surface area contributed by atoms with Crippen LogP contribution in [0.5, 0.6) is 5.75 Å². The summed E-state index contributed by atoms with van der Waals surface area (Å²) >= 11 is 9.40. The zero-order valence-electron chi connectivity index (χ0n) is 10.6. The van der Waals surface area contributed by atoms with Crippen LogP contribution in [-0.2, 0) is 6.61 Å². The lowest BCUT2D eigenvalue weighted by atomic mass is 10.2. The number of hydrogen-bond donors (Lipinski definition) is 1. The van der Waals surface area contributed by atoms with Crippen LogP contribution in [0, 0.1) is 6.92 Å². The van der Waals surface area contributed by atoms with Gasteiger partial charge in [-0.1, -0.05) is 33.6 Å². The lowest BCUT2D eigenvalue weighted by molar-refractivity contribution is 0.0684. The van der Waals surface area contributed by atoms with Gasteiger partial charge in [-0.3, -0.25) is 0 Å². The molecule has 1 aromatic heterocycles. The molecule has 0 atom stereocenters. The van der Waals surface area contributed by atoms with E-state index in [9.17, 15) is 4.79 Å². The van der Waals surface area contributed by atoms with Crippen LogP contribution in [0.25, 0.3) is 0 Å². The first-order chi connectivity index (χ1) is 9.47. The Morgan fingerprint density at radius 1 is 1.40 bits per heavy atom. The number of nitrogens with zero attached hydrogens (tertiary/aromatic N) is 1. The molecule has 1 heterocycles. The number of aromatic nitrogens is 1. The molecule has 0 saturated heterocycles. The van der Waals surface area contributed by atoms with Crippen LogP contribution >= 0.6 is 27.5 Å². The minimum atomic E-state index is -1.12. The molecule has 6 heteroatoms. The first kappa shape index (κ1) is 14.8. The van der Waals surface area contributed by atoms with E-state index in [0.717, 1.165) is 10.0 Å². The highest BCUT2D eigenvalue weighted by Crippen LogP contribution is 2.24. The highest BCUT2D eigenvalue weighted by molar-refractivity contribution is 9.10. The van der Waals surface area contributed by atoms with Gasteiger partial charge >= 0.3 is 5.97 Å². The lowest BCUT2D eigenvalue weighted by Gasteiger charge is -2.10. The van der Waals surface area contributed by atoms with Gasteiger partial charge < -0.3 is 9.84 Å². The summed E-state index contributed by atoms with van der Waals surface area (Å²) in [5.74, 6) is -0.896. The summed E-state index contributed by atoms with van der Waals surface area (Å²) in [6.45, 7) is 1.90. The average Bonchev–Trinajstić information content (AvgIpc) is 2.38. The maximum Gasteiger partial charge on any atom is 0.358 e. The van der Waals surface area contributed by atoms with Gasteiger partial charge in [0.05, 0.1) is 0 Å². The quantitative estimate of drug-likeness (QED) is 0.896. The second-order valence-corrected chi connectivity index (χ2v) is 5.45. The SMILES string of the molecule is Cc1ccc(OCc2ccc(Br)cc2Cl)c(C(=O)O)n1. The van der Waals surface area contributed by atoms with Gasteiger partial charge in [0.1, 0.15) is 6.61 Å². The molecule has 1 N–H and O–H groups in total. The molecule has 1 aromatic carbocycles. The first-order valence-corrected chi connectivity index (χ1v) is 6.92. The molecule has 0 amide bonds. The normalized spacial score (nSPS) is 10.3. The Morgan fingerprint density at radius 2 is 2.15 bits per heavy atom. The third-order valence-electron chi connectivity index (χ3n) is 2.60. The van der Waals surface area contributed by atoms with Crippen LogP contribution in [0.15, 0.2) is 34.8 Å². The second kappa shape index (κ2) is 6.24. The minimum Gasteiger partial charge on any atom is -0.486 e. The minimum absolute atomic E-state index is 0.0989. The molecule has 0 aliphatic rings. The van der Waals surface area contributed by atoms with E-state index in [0.29, 0.717) is 10.7 Å². The van der Waals surface area contributed by atoms with Gasteiger partial charge in [0.25, 0.3) is 0 Å². The van der Waals surface area contributed by atoms with Crippen molar-refractivity contribution in [2.75, 3.05) is 0 Å². The summed E-state index contributed by atoms with van der Waals surface area (Å²) in [6.07, 6.45) is 0. The molecule has 20 heavy (non-hydrogen) atoms. The Morgan fingerprint density at radius 3 is 2.80 bits per heavy atom. The first-order valence-electron chi connectivity index (χ1n) is 5.75. The number of aryl methyl sites for hydroxylation is 1. The summed E-state index contributed by atoms with van der Waals surface area (Å²) < 4.78 is 6.39. The Hall–Kier alpha value is -1.59. The van der Waals surface area contributed by atoms with E-state index in [2.05, 4.69) is 20.9 Å². The van der Waals surface area contributed by atoms with Crippen molar-refractivity contribution in [3.05, 3.63) is 56.8 Å². The fraction of sp³-hybridized carbons (Fsp3) is 0.143.